The van der Waals surface area contributed by atoms with E-state index in [9.17, 15) is 9.59 Å². The maximum atomic E-state index is 11.9. The standard InChI is InChI=1S/C18H19ClN2O4/c1-24-14-5-2-12(3-6-14)8-9-21-17(22)11-25-18(23)15-10-13(19)4-7-16(15)20/h2-7,10H,8-9,11,20H2,1H3,(H,21,22). The van der Waals surface area contributed by atoms with Gasteiger partial charge >= 0.3 is 5.97 Å². The Balaban J connectivity index is 1.74. The van der Waals surface area contributed by atoms with Crippen LogP contribution in [0.5, 0.6) is 5.75 Å². The number of halogens is 1. The van der Waals surface area contributed by atoms with E-state index in [0.29, 0.717) is 18.0 Å². The molecule has 0 saturated heterocycles. The van der Waals surface area contributed by atoms with Crippen LogP contribution in [0.2, 0.25) is 5.02 Å². The average Bonchev–Trinajstić information content (AvgIpc) is 2.62. The Morgan fingerprint density at radius 2 is 1.88 bits per heavy atom. The number of amides is 1. The Hall–Kier alpha value is -2.73. The predicted molar refractivity (Wildman–Crippen MR) is 95.9 cm³/mol. The van der Waals surface area contributed by atoms with E-state index in [-0.39, 0.29) is 23.8 Å². The molecule has 0 bridgehead atoms. The van der Waals surface area contributed by atoms with Gasteiger partial charge in [-0.15, -0.1) is 0 Å². The third-order valence-corrected chi connectivity index (χ3v) is 3.70. The third-order valence-electron chi connectivity index (χ3n) is 3.46. The number of ether oxygens (including phenoxy) is 2. The number of nitrogens with two attached hydrogens (primary N) is 1. The summed E-state index contributed by atoms with van der Waals surface area (Å²) >= 11 is 5.82. The Kier molecular flexibility index (Phi) is 6.65. The van der Waals surface area contributed by atoms with E-state index in [1.807, 2.05) is 24.3 Å². The molecule has 0 radical (unpaired) electrons. The van der Waals surface area contributed by atoms with E-state index >= 15 is 0 Å². The Morgan fingerprint density at radius 3 is 2.56 bits per heavy atom. The van der Waals surface area contributed by atoms with Gasteiger partial charge in [0.05, 0.1) is 12.7 Å². The minimum Gasteiger partial charge on any atom is -0.497 e. The van der Waals surface area contributed by atoms with Crippen molar-refractivity contribution in [3.05, 3.63) is 58.6 Å². The van der Waals surface area contributed by atoms with Gasteiger partial charge in [-0.25, -0.2) is 4.79 Å². The quantitative estimate of drug-likeness (QED) is 0.583. The predicted octanol–water partition coefficient (Wildman–Crippen LogP) is 2.45. The first-order valence-electron chi connectivity index (χ1n) is 7.61. The topological polar surface area (TPSA) is 90.6 Å². The summed E-state index contributed by atoms with van der Waals surface area (Å²) in [7, 11) is 1.60. The van der Waals surface area contributed by atoms with Gasteiger partial charge in [0.2, 0.25) is 0 Å². The molecule has 0 aliphatic heterocycles. The van der Waals surface area contributed by atoms with Crippen molar-refractivity contribution in [3.63, 3.8) is 0 Å². The summed E-state index contributed by atoms with van der Waals surface area (Å²) in [5, 5.41) is 3.05. The number of nitrogens with one attached hydrogen (secondary N) is 1. The van der Waals surface area contributed by atoms with Gasteiger partial charge in [-0.3, -0.25) is 4.79 Å². The summed E-state index contributed by atoms with van der Waals surface area (Å²) in [4.78, 5) is 23.7. The highest BCUT2D eigenvalue weighted by molar-refractivity contribution is 6.31. The zero-order chi connectivity index (χ0) is 18.2. The number of nitrogen functional groups attached to an aromatic ring is 1. The molecule has 3 N–H and O–H groups in total. The first kappa shape index (κ1) is 18.6. The van der Waals surface area contributed by atoms with Crippen LogP contribution in [0.25, 0.3) is 0 Å². The zero-order valence-corrected chi connectivity index (χ0v) is 14.5. The van der Waals surface area contributed by atoms with Gasteiger partial charge in [-0.05, 0) is 42.3 Å². The molecule has 7 heteroatoms. The maximum absolute atomic E-state index is 11.9. The monoisotopic (exact) mass is 362 g/mol. The molecular weight excluding hydrogens is 344 g/mol. The van der Waals surface area contributed by atoms with Crippen LogP contribution in [-0.2, 0) is 16.0 Å². The zero-order valence-electron chi connectivity index (χ0n) is 13.8. The van der Waals surface area contributed by atoms with Crippen molar-refractivity contribution in [2.24, 2.45) is 0 Å². The van der Waals surface area contributed by atoms with Gasteiger partial charge < -0.3 is 20.5 Å². The van der Waals surface area contributed by atoms with E-state index in [1.165, 1.54) is 12.1 Å². The number of benzene rings is 2. The molecule has 0 fully saturated rings. The molecule has 0 aliphatic rings. The second-order valence-corrected chi connectivity index (χ2v) is 5.69. The van der Waals surface area contributed by atoms with Crippen molar-refractivity contribution in [1.29, 1.82) is 0 Å². The maximum Gasteiger partial charge on any atom is 0.340 e. The summed E-state index contributed by atoms with van der Waals surface area (Å²) in [6.45, 7) is 0.0510. The number of hydrogen-bond donors (Lipinski definition) is 2. The lowest BCUT2D eigenvalue weighted by molar-refractivity contribution is -0.124. The van der Waals surface area contributed by atoms with E-state index in [0.717, 1.165) is 11.3 Å². The highest BCUT2D eigenvalue weighted by Crippen LogP contribution is 2.18. The van der Waals surface area contributed by atoms with Crippen LogP contribution in [0.4, 0.5) is 5.69 Å². The SMILES string of the molecule is COc1ccc(CCNC(=O)COC(=O)c2cc(Cl)ccc2N)cc1. The van der Waals surface area contributed by atoms with E-state index in [1.54, 1.807) is 13.2 Å². The molecule has 0 saturated carbocycles. The Morgan fingerprint density at radius 1 is 1.16 bits per heavy atom. The molecule has 0 spiro atoms. The van der Waals surface area contributed by atoms with Crippen LogP contribution < -0.4 is 15.8 Å². The lowest BCUT2D eigenvalue weighted by Gasteiger charge is -2.08. The fourth-order valence-corrected chi connectivity index (χ4v) is 2.28. The van der Waals surface area contributed by atoms with Gasteiger partial charge in [0, 0.05) is 17.3 Å². The van der Waals surface area contributed by atoms with Crippen LogP contribution in [0.15, 0.2) is 42.5 Å². The largest absolute Gasteiger partial charge is 0.497 e. The minimum atomic E-state index is -0.690. The lowest BCUT2D eigenvalue weighted by Crippen LogP contribution is -2.30. The van der Waals surface area contributed by atoms with Crippen molar-refractivity contribution in [2.75, 3.05) is 26.0 Å². The number of methoxy groups -OCH3 is 1. The number of hydrogen-bond acceptors (Lipinski definition) is 5. The van der Waals surface area contributed by atoms with E-state index in [4.69, 9.17) is 26.8 Å². The van der Waals surface area contributed by atoms with Crippen molar-refractivity contribution in [2.45, 2.75) is 6.42 Å². The fourth-order valence-electron chi connectivity index (χ4n) is 2.10. The summed E-state index contributed by atoms with van der Waals surface area (Å²) in [5.41, 5.74) is 7.14. The first-order chi connectivity index (χ1) is 12.0. The van der Waals surface area contributed by atoms with Gasteiger partial charge in [-0.2, -0.15) is 0 Å². The number of anilines is 1. The van der Waals surface area contributed by atoms with Crippen LogP contribution >= 0.6 is 11.6 Å². The molecule has 1 amide bonds. The number of rotatable bonds is 7. The van der Waals surface area contributed by atoms with Crippen molar-refractivity contribution >= 4 is 29.2 Å². The molecule has 25 heavy (non-hydrogen) atoms. The molecule has 0 atom stereocenters. The van der Waals surface area contributed by atoms with Crippen LogP contribution in [-0.4, -0.2) is 32.1 Å². The van der Waals surface area contributed by atoms with Crippen molar-refractivity contribution in [1.82, 2.24) is 5.32 Å². The molecule has 132 valence electrons. The smallest absolute Gasteiger partial charge is 0.340 e. The molecule has 6 nitrogen and oxygen atoms in total. The highest BCUT2D eigenvalue weighted by atomic mass is 35.5. The summed E-state index contributed by atoms with van der Waals surface area (Å²) in [5.74, 6) is -0.298. The fraction of sp³-hybridized carbons (Fsp3) is 0.222. The molecule has 0 aliphatic carbocycles. The van der Waals surface area contributed by atoms with Crippen LogP contribution in [0, 0.1) is 0 Å². The van der Waals surface area contributed by atoms with Crippen LogP contribution in [0.1, 0.15) is 15.9 Å². The van der Waals surface area contributed by atoms with Crippen molar-refractivity contribution < 1.29 is 19.1 Å². The number of carbonyl (C=O) groups excluding carboxylic acids is 2. The number of carbonyl (C=O) groups is 2. The summed E-state index contributed by atoms with van der Waals surface area (Å²) in [6.07, 6.45) is 0.658. The molecular formula is C18H19ClN2O4. The second kappa shape index (κ2) is 8.94. The normalized spacial score (nSPS) is 10.2. The Labute approximate surface area is 150 Å². The Bertz CT molecular complexity index is 747. The first-order valence-corrected chi connectivity index (χ1v) is 7.99. The molecule has 2 aromatic rings. The summed E-state index contributed by atoms with van der Waals surface area (Å²) in [6, 6.07) is 12.0. The highest BCUT2D eigenvalue weighted by Gasteiger charge is 2.13. The molecule has 0 heterocycles. The minimum absolute atomic E-state index is 0.138. The average molecular weight is 363 g/mol. The van der Waals surface area contributed by atoms with Gasteiger partial charge in [-0.1, -0.05) is 23.7 Å². The van der Waals surface area contributed by atoms with Gasteiger partial charge in [0.25, 0.3) is 5.91 Å². The van der Waals surface area contributed by atoms with Crippen molar-refractivity contribution in [3.8, 4) is 5.75 Å². The summed E-state index contributed by atoms with van der Waals surface area (Å²) < 4.78 is 10.0. The van der Waals surface area contributed by atoms with Crippen LogP contribution in [0.3, 0.4) is 0 Å². The molecule has 2 aromatic carbocycles. The third kappa shape index (κ3) is 5.69. The molecule has 0 unspecified atom stereocenters. The molecule has 0 aromatic heterocycles. The van der Waals surface area contributed by atoms with E-state index in [2.05, 4.69) is 5.32 Å². The molecule has 2 rings (SSSR count). The lowest BCUT2D eigenvalue weighted by atomic mass is 10.1. The van der Waals surface area contributed by atoms with Gasteiger partial charge in [0.15, 0.2) is 6.61 Å². The number of esters is 1. The second-order valence-electron chi connectivity index (χ2n) is 5.26. The van der Waals surface area contributed by atoms with Gasteiger partial charge in [0.1, 0.15) is 5.75 Å². The van der Waals surface area contributed by atoms with E-state index < -0.39 is 5.97 Å².